The van der Waals surface area contributed by atoms with Gasteiger partial charge in [0.25, 0.3) is 9.05 Å². The van der Waals surface area contributed by atoms with Gasteiger partial charge in [-0.15, -0.1) is 0 Å². The monoisotopic (exact) mass is 252 g/mol. The number of hydrogen-bond donors (Lipinski definition) is 0. The Labute approximate surface area is 93.7 Å². The van der Waals surface area contributed by atoms with E-state index in [1.54, 1.807) is 6.92 Å². The van der Waals surface area contributed by atoms with Crippen LogP contribution in [0, 0.1) is 0 Å². The minimum absolute atomic E-state index is 0.0360. The zero-order valence-electron chi connectivity index (χ0n) is 8.45. The molecular weight excluding hydrogens is 240 g/mol. The van der Waals surface area contributed by atoms with Crippen molar-refractivity contribution in [3.8, 4) is 0 Å². The Kier molecular flexibility index (Phi) is 4.16. The number of rotatable bonds is 3. The van der Waals surface area contributed by atoms with Gasteiger partial charge in [-0.05, 0) is 32.6 Å². The maximum atomic E-state index is 11.5. The highest BCUT2D eigenvalue weighted by atomic mass is 35.7. The van der Waals surface area contributed by atoms with E-state index in [-0.39, 0.29) is 17.1 Å². The fourth-order valence-electron chi connectivity index (χ4n) is 1.58. The topological polar surface area (TPSA) is 60.4 Å². The van der Waals surface area contributed by atoms with Crippen molar-refractivity contribution in [2.45, 2.75) is 32.6 Å². The predicted molar refractivity (Wildman–Crippen MR) is 56.9 cm³/mol. The van der Waals surface area contributed by atoms with E-state index in [9.17, 15) is 13.2 Å². The van der Waals surface area contributed by atoms with Gasteiger partial charge in [-0.25, -0.2) is 13.2 Å². The molecule has 0 bridgehead atoms. The van der Waals surface area contributed by atoms with Gasteiger partial charge in [-0.2, -0.15) is 0 Å². The first kappa shape index (κ1) is 12.5. The van der Waals surface area contributed by atoms with Crippen LogP contribution in [0.25, 0.3) is 0 Å². The van der Waals surface area contributed by atoms with Gasteiger partial charge in [0.05, 0.1) is 17.1 Å². The maximum absolute atomic E-state index is 11.5. The van der Waals surface area contributed by atoms with Crippen LogP contribution in [0.3, 0.4) is 0 Å². The molecule has 0 aromatic rings. The van der Waals surface area contributed by atoms with E-state index in [4.69, 9.17) is 15.4 Å². The molecule has 0 aromatic carbocycles. The summed E-state index contributed by atoms with van der Waals surface area (Å²) >= 11 is 0. The highest BCUT2D eigenvalue weighted by molar-refractivity contribution is 8.16. The molecule has 0 heterocycles. The standard InChI is InChI=1S/C9H13ClO4S/c1-2-14-9(11)7-5-3-4-6-8(7)15(10,12)13/h2-6H2,1H3. The van der Waals surface area contributed by atoms with Crippen molar-refractivity contribution in [1.82, 2.24) is 0 Å². The van der Waals surface area contributed by atoms with Gasteiger partial charge in [0.1, 0.15) is 0 Å². The Morgan fingerprint density at radius 2 is 2.00 bits per heavy atom. The third-order valence-corrected chi connectivity index (χ3v) is 3.83. The average molecular weight is 253 g/mol. The molecule has 0 saturated carbocycles. The second kappa shape index (κ2) is 4.99. The van der Waals surface area contributed by atoms with Crippen LogP contribution in [0.2, 0.25) is 0 Å². The van der Waals surface area contributed by atoms with Gasteiger partial charge in [-0.1, -0.05) is 0 Å². The lowest BCUT2D eigenvalue weighted by atomic mass is 9.99. The number of carbonyl (C=O) groups is 1. The van der Waals surface area contributed by atoms with Crippen LogP contribution in [0.5, 0.6) is 0 Å². The van der Waals surface area contributed by atoms with Crippen LogP contribution in [0.15, 0.2) is 10.5 Å². The molecule has 1 aliphatic carbocycles. The van der Waals surface area contributed by atoms with E-state index in [0.717, 1.165) is 12.8 Å². The molecule has 0 aromatic heterocycles. The highest BCUT2D eigenvalue weighted by Gasteiger charge is 2.27. The molecule has 0 aliphatic heterocycles. The fourth-order valence-corrected chi connectivity index (χ4v) is 2.96. The zero-order valence-corrected chi connectivity index (χ0v) is 10.0. The van der Waals surface area contributed by atoms with Crippen molar-refractivity contribution in [2.75, 3.05) is 6.61 Å². The number of allylic oxidation sites excluding steroid dienone is 1. The first-order valence-corrected chi connectivity index (χ1v) is 7.11. The summed E-state index contributed by atoms with van der Waals surface area (Å²) in [6, 6.07) is 0. The summed E-state index contributed by atoms with van der Waals surface area (Å²) < 4.78 is 27.2. The predicted octanol–water partition coefficient (Wildman–Crippen LogP) is 1.95. The molecule has 15 heavy (non-hydrogen) atoms. The van der Waals surface area contributed by atoms with E-state index in [1.807, 2.05) is 0 Å². The second-order valence-electron chi connectivity index (χ2n) is 3.27. The van der Waals surface area contributed by atoms with Gasteiger partial charge in [0.2, 0.25) is 0 Å². The SMILES string of the molecule is CCOC(=O)C1=C(S(=O)(=O)Cl)CCCC1. The van der Waals surface area contributed by atoms with E-state index in [0.29, 0.717) is 12.8 Å². The third-order valence-electron chi connectivity index (χ3n) is 2.23. The molecular formula is C9H13ClO4S. The van der Waals surface area contributed by atoms with Gasteiger partial charge >= 0.3 is 5.97 Å². The van der Waals surface area contributed by atoms with Crippen LogP contribution < -0.4 is 0 Å². The lowest BCUT2D eigenvalue weighted by Crippen LogP contribution is -2.15. The lowest BCUT2D eigenvalue weighted by Gasteiger charge is -2.16. The summed E-state index contributed by atoms with van der Waals surface area (Å²) in [6.45, 7) is 1.91. The molecule has 0 radical (unpaired) electrons. The minimum atomic E-state index is -3.79. The average Bonchev–Trinajstić information content (AvgIpc) is 2.17. The molecule has 0 unspecified atom stereocenters. The van der Waals surface area contributed by atoms with Crippen molar-refractivity contribution >= 4 is 25.7 Å². The Morgan fingerprint density at radius 1 is 1.40 bits per heavy atom. The van der Waals surface area contributed by atoms with Gasteiger partial charge in [-0.3, -0.25) is 0 Å². The molecule has 0 N–H and O–H groups in total. The molecule has 1 rings (SSSR count). The summed E-state index contributed by atoms with van der Waals surface area (Å²) in [4.78, 5) is 11.5. The van der Waals surface area contributed by atoms with Crippen molar-refractivity contribution < 1.29 is 17.9 Å². The summed E-state index contributed by atoms with van der Waals surface area (Å²) in [5.41, 5.74) is 0.220. The number of halogens is 1. The highest BCUT2D eigenvalue weighted by Crippen LogP contribution is 2.31. The second-order valence-corrected chi connectivity index (χ2v) is 5.85. The quantitative estimate of drug-likeness (QED) is 0.569. The lowest BCUT2D eigenvalue weighted by molar-refractivity contribution is -0.138. The van der Waals surface area contributed by atoms with Crippen LogP contribution in [-0.4, -0.2) is 21.0 Å². The van der Waals surface area contributed by atoms with Crippen LogP contribution in [0.1, 0.15) is 32.6 Å². The molecule has 1 aliphatic rings. The molecule has 6 heteroatoms. The van der Waals surface area contributed by atoms with E-state index < -0.39 is 15.0 Å². The summed E-state index contributed by atoms with van der Waals surface area (Å²) in [7, 11) is 1.47. The largest absolute Gasteiger partial charge is 0.463 e. The third kappa shape index (κ3) is 3.21. The minimum Gasteiger partial charge on any atom is -0.463 e. The number of hydrogen-bond acceptors (Lipinski definition) is 4. The van der Waals surface area contributed by atoms with Gasteiger partial charge in [0, 0.05) is 10.7 Å². The smallest absolute Gasteiger partial charge is 0.335 e. The number of carbonyl (C=O) groups excluding carboxylic acids is 1. The van der Waals surface area contributed by atoms with Crippen molar-refractivity contribution in [3.63, 3.8) is 0 Å². The van der Waals surface area contributed by atoms with Gasteiger partial charge < -0.3 is 4.74 Å². The van der Waals surface area contributed by atoms with Crippen molar-refractivity contribution in [3.05, 3.63) is 10.5 Å². The van der Waals surface area contributed by atoms with Gasteiger partial charge in [0.15, 0.2) is 0 Å². The van der Waals surface area contributed by atoms with Crippen LogP contribution in [-0.2, 0) is 18.6 Å². The summed E-state index contributed by atoms with van der Waals surface area (Å²) in [5, 5.41) is 0. The van der Waals surface area contributed by atoms with E-state index in [2.05, 4.69) is 0 Å². The molecule has 0 amide bonds. The molecule has 0 spiro atoms. The Morgan fingerprint density at radius 3 is 2.53 bits per heavy atom. The maximum Gasteiger partial charge on any atom is 0.335 e. The first-order chi connectivity index (χ1) is 6.96. The van der Waals surface area contributed by atoms with E-state index in [1.165, 1.54) is 0 Å². The molecule has 4 nitrogen and oxygen atoms in total. The van der Waals surface area contributed by atoms with Crippen molar-refractivity contribution in [1.29, 1.82) is 0 Å². The summed E-state index contributed by atoms with van der Waals surface area (Å²) in [6.07, 6.45) is 2.30. The Balaban J connectivity index is 3.07. The molecule has 0 saturated heterocycles. The summed E-state index contributed by atoms with van der Waals surface area (Å²) in [5.74, 6) is -0.559. The van der Waals surface area contributed by atoms with Crippen LogP contribution >= 0.6 is 10.7 Å². The number of ether oxygens (including phenoxy) is 1. The van der Waals surface area contributed by atoms with E-state index >= 15 is 0 Å². The molecule has 0 fully saturated rings. The first-order valence-electron chi connectivity index (χ1n) is 4.80. The molecule has 0 atom stereocenters. The zero-order chi connectivity index (χ0) is 11.5. The molecule has 86 valence electrons. The fraction of sp³-hybridized carbons (Fsp3) is 0.667. The Hall–Kier alpha value is -0.550. The number of esters is 1. The van der Waals surface area contributed by atoms with Crippen molar-refractivity contribution in [2.24, 2.45) is 0 Å². The Bertz CT molecular complexity index is 383. The normalized spacial score (nSPS) is 17.7. The van der Waals surface area contributed by atoms with Crippen LogP contribution in [0.4, 0.5) is 0 Å².